The fourth-order valence-electron chi connectivity index (χ4n) is 0.615. The standard InChI is InChI=1S/C7H14N2OS/c1-2-7(10)9-5-3-4-6(8)11/h2-5H2,1H3,(H2,8,11)(H,9,10). The number of amides is 1. The van der Waals surface area contributed by atoms with E-state index in [2.05, 4.69) is 17.5 Å². The Morgan fingerprint density at radius 1 is 1.64 bits per heavy atom. The molecule has 64 valence electrons. The van der Waals surface area contributed by atoms with Crippen molar-refractivity contribution in [1.29, 1.82) is 0 Å². The van der Waals surface area contributed by atoms with Gasteiger partial charge in [0.1, 0.15) is 0 Å². The Hall–Kier alpha value is -0.640. The van der Waals surface area contributed by atoms with E-state index in [0.29, 0.717) is 24.4 Å². The normalized spacial score (nSPS) is 9.18. The minimum atomic E-state index is 0.0768. The van der Waals surface area contributed by atoms with E-state index in [1.165, 1.54) is 0 Å². The number of rotatable bonds is 5. The van der Waals surface area contributed by atoms with Crippen LogP contribution in [-0.2, 0) is 4.79 Å². The third-order valence-electron chi connectivity index (χ3n) is 1.24. The van der Waals surface area contributed by atoms with Gasteiger partial charge < -0.3 is 11.1 Å². The van der Waals surface area contributed by atoms with Crippen LogP contribution in [0.4, 0.5) is 0 Å². The van der Waals surface area contributed by atoms with Crippen molar-refractivity contribution >= 4 is 23.1 Å². The minimum absolute atomic E-state index is 0.0768. The molecule has 0 saturated heterocycles. The monoisotopic (exact) mass is 174 g/mol. The van der Waals surface area contributed by atoms with Gasteiger partial charge in [-0.2, -0.15) is 0 Å². The van der Waals surface area contributed by atoms with E-state index >= 15 is 0 Å². The van der Waals surface area contributed by atoms with Crippen molar-refractivity contribution in [2.45, 2.75) is 26.2 Å². The summed E-state index contributed by atoms with van der Waals surface area (Å²) in [6.45, 7) is 2.49. The topological polar surface area (TPSA) is 55.1 Å². The molecule has 3 N–H and O–H groups in total. The molecule has 0 fully saturated rings. The molecule has 0 aromatic heterocycles. The van der Waals surface area contributed by atoms with Crippen LogP contribution in [0, 0.1) is 0 Å². The van der Waals surface area contributed by atoms with Gasteiger partial charge in [-0.1, -0.05) is 19.1 Å². The Balaban J connectivity index is 3.14. The van der Waals surface area contributed by atoms with E-state index in [9.17, 15) is 4.79 Å². The molecule has 0 aromatic rings. The first-order chi connectivity index (χ1) is 5.16. The Morgan fingerprint density at radius 3 is 2.73 bits per heavy atom. The van der Waals surface area contributed by atoms with E-state index in [-0.39, 0.29) is 5.91 Å². The second-order valence-electron chi connectivity index (χ2n) is 2.27. The number of thiocarbonyl (C=S) groups is 1. The molecule has 0 radical (unpaired) electrons. The van der Waals surface area contributed by atoms with Crippen LogP contribution in [0.1, 0.15) is 26.2 Å². The molecule has 1 amide bonds. The van der Waals surface area contributed by atoms with Crippen molar-refractivity contribution in [3.05, 3.63) is 0 Å². The number of carbonyl (C=O) groups excluding carboxylic acids is 1. The van der Waals surface area contributed by atoms with Crippen LogP contribution in [0.15, 0.2) is 0 Å². The number of hydrogen-bond donors (Lipinski definition) is 2. The van der Waals surface area contributed by atoms with Crippen molar-refractivity contribution in [2.24, 2.45) is 5.73 Å². The van der Waals surface area contributed by atoms with Gasteiger partial charge in [0.2, 0.25) is 5.91 Å². The second-order valence-corrected chi connectivity index (χ2v) is 2.80. The van der Waals surface area contributed by atoms with Gasteiger partial charge >= 0.3 is 0 Å². The lowest BCUT2D eigenvalue weighted by atomic mass is 10.3. The predicted molar refractivity (Wildman–Crippen MR) is 49.3 cm³/mol. The number of carbonyl (C=O) groups is 1. The average molecular weight is 174 g/mol. The van der Waals surface area contributed by atoms with Gasteiger partial charge in [0, 0.05) is 13.0 Å². The summed E-state index contributed by atoms with van der Waals surface area (Å²) in [4.78, 5) is 11.2. The fourth-order valence-corrected chi connectivity index (χ4v) is 0.760. The Bertz CT molecular complexity index is 147. The second kappa shape index (κ2) is 6.09. The number of hydrogen-bond acceptors (Lipinski definition) is 2. The molecular weight excluding hydrogens is 160 g/mol. The Morgan fingerprint density at radius 2 is 2.27 bits per heavy atom. The SMILES string of the molecule is CCC(=O)NCCCC(N)=S. The Kier molecular flexibility index (Phi) is 5.74. The Labute approximate surface area is 72.3 Å². The van der Waals surface area contributed by atoms with E-state index in [0.717, 1.165) is 6.42 Å². The van der Waals surface area contributed by atoms with Crippen LogP contribution in [0.5, 0.6) is 0 Å². The molecule has 0 bridgehead atoms. The van der Waals surface area contributed by atoms with Gasteiger partial charge in [0.25, 0.3) is 0 Å². The van der Waals surface area contributed by atoms with Gasteiger partial charge in [-0.25, -0.2) is 0 Å². The van der Waals surface area contributed by atoms with Crippen molar-refractivity contribution in [1.82, 2.24) is 5.32 Å². The highest BCUT2D eigenvalue weighted by atomic mass is 32.1. The summed E-state index contributed by atoms with van der Waals surface area (Å²) >= 11 is 4.67. The van der Waals surface area contributed by atoms with Crippen LogP contribution in [0.2, 0.25) is 0 Å². The quantitative estimate of drug-likeness (QED) is 0.473. The van der Waals surface area contributed by atoms with E-state index < -0.39 is 0 Å². The van der Waals surface area contributed by atoms with Crippen LogP contribution in [-0.4, -0.2) is 17.4 Å². The molecule has 0 unspecified atom stereocenters. The highest BCUT2D eigenvalue weighted by Gasteiger charge is 1.95. The van der Waals surface area contributed by atoms with Gasteiger partial charge in [0.05, 0.1) is 4.99 Å². The highest BCUT2D eigenvalue weighted by molar-refractivity contribution is 7.80. The molecular formula is C7H14N2OS. The van der Waals surface area contributed by atoms with Crippen molar-refractivity contribution in [3.63, 3.8) is 0 Å². The summed E-state index contributed by atoms with van der Waals surface area (Å²) in [5.41, 5.74) is 5.26. The molecule has 0 saturated carbocycles. The van der Waals surface area contributed by atoms with Crippen LogP contribution >= 0.6 is 12.2 Å². The molecule has 0 heterocycles. The average Bonchev–Trinajstić information content (AvgIpc) is 1.97. The zero-order valence-electron chi connectivity index (χ0n) is 6.72. The summed E-state index contributed by atoms with van der Waals surface area (Å²) in [5.74, 6) is 0.0768. The third kappa shape index (κ3) is 7.25. The maximum atomic E-state index is 10.7. The third-order valence-corrected chi connectivity index (χ3v) is 1.45. The summed E-state index contributed by atoms with van der Waals surface area (Å²) < 4.78 is 0. The predicted octanol–water partition coefficient (Wildman–Crippen LogP) is 0.579. The summed E-state index contributed by atoms with van der Waals surface area (Å²) in [6, 6.07) is 0. The molecule has 0 aromatic carbocycles. The first-order valence-electron chi connectivity index (χ1n) is 3.71. The van der Waals surface area contributed by atoms with Crippen LogP contribution in [0.25, 0.3) is 0 Å². The van der Waals surface area contributed by atoms with Gasteiger partial charge in [-0.15, -0.1) is 0 Å². The fraction of sp³-hybridized carbons (Fsp3) is 0.714. The zero-order chi connectivity index (χ0) is 8.69. The van der Waals surface area contributed by atoms with E-state index in [4.69, 9.17) is 5.73 Å². The molecule has 0 aliphatic carbocycles. The lowest BCUT2D eigenvalue weighted by molar-refractivity contribution is -0.120. The van der Waals surface area contributed by atoms with Crippen LogP contribution < -0.4 is 11.1 Å². The maximum absolute atomic E-state index is 10.7. The zero-order valence-corrected chi connectivity index (χ0v) is 7.54. The molecule has 4 heteroatoms. The van der Waals surface area contributed by atoms with Crippen molar-refractivity contribution in [2.75, 3.05) is 6.54 Å². The molecule has 0 aliphatic heterocycles. The smallest absolute Gasteiger partial charge is 0.219 e. The lowest BCUT2D eigenvalue weighted by Crippen LogP contribution is -2.24. The maximum Gasteiger partial charge on any atom is 0.219 e. The van der Waals surface area contributed by atoms with E-state index in [1.54, 1.807) is 0 Å². The molecule has 0 atom stereocenters. The lowest BCUT2D eigenvalue weighted by Gasteiger charge is -2.01. The van der Waals surface area contributed by atoms with Gasteiger partial charge in [0.15, 0.2) is 0 Å². The van der Waals surface area contributed by atoms with Gasteiger partial charge in [-0.3, -0.25) is 4.79 Å². The molecule has 0 spiro atoms. The first-order valence-corrected chi connectivity index (χ1v) is 4.12. The molecule has 0 rings (SSSR count). The molecule has 11 heavy (non-hydrogen) atoms. The van der Waals surface area contributed by atoms with E-state index in [1.807, 2.05) is 6.92 Å². The summed E-state index contributed by atoms with van der Waals surface area (Å²) in [5, 5.41) is 2.73. The number of nitrogens with one attached hydrogen (secondary N) is 1. The van der Waals surface area contributed by atoms with Crippen LogP contribution in [0.3, 0.4) is 0 Å². The summed E-state index contributed by atoms with van der Waals surface area (Å²) in [6.07, 6.45) is 2.08. The molecule has 3 nitrogen and oxygen atoms in total. The van der Waals surface area contributed by atoms with Crippen molar-refractivity contribution in [3.8, 4) is 0 Å². The highest BCUT2D eigenvalue weighted by Crippen LogP contribution is 1.86. The number of nitrogens with two attached hydrogens (primary N) is 1. The minimum Gasteiger partial charge on any atom is -0.393 e. The first kappa shape index (κ1) is 10.4. The molecule has 0 aliphatic rings. The van der Waals surface area contributed by atoms with Crippen molar-refractivity contribution < 1.29 is 4.79 Å². The summed E-state index contributed by atoms with van der Waals surface area (Å²) in [7, 11) is 0. The van der Waals surface area contributed by atoms with Gasteiger partial charge in [-0.05, 0) is 12.8 Å². The largest absolute Gasteiger partial charge is 0.393 e.